The third-order valence-electron chi connectivity index (χ3n) is 4.88. The van der Waals surface area contributed by atoms with Crippen molar-refractivity contribution in [3.63, 3.8) is 0 Å². The summed E-state index contributed by atoms with van der Waals surface area (Å²) in [5.74, 6) is -0.161. The average molecular weight is 377 g/mol. The van der Waals surface area contributed by atoms with Crippen molar-refractivity contribution in [3.8, 4) is 0 Å². The van der Waals surface area contributed by atoms with Crippen LogP contribution in [0.25, 0.3) is 11.0 Å². The molecule has 4 heteroatoms. The molecule has 0 aliphatic rings. The van der Waals surface area contributed by atoms with Crippen molar-refractivity contribution < 1.29 is 9.21 Å². The number of aryl methyl sites for hydroxylation is 1. The zero-order valence-electron chi connectivity index (χ0n) is 17.0. The van der Waals surface area contributed by atoms with Gasteiger partial charge in [0, 0.05) is 23.6 Å². The van der Waals surface area contributed by atoms with Crippen LogP contribution in [0.4, 0.5) is 0 Å². The van der Waals surface area contributed by atoms with Crippen LogP contribution in [0.3, 0.4) is 0 Å². The Balaban J connectivity index is 1.81. The SMILES string of the molecule is CCCc1ccc2oc(=O)cc(CNC(=O)c3ccc(C(C)(C)C)cc3)c2c1. The lowest BCUT2D eigenvalue weighted by Crippen LogP contribution is -2.23. The fourth-order valence-corrected chi connectivity index (χ4v) is 3.26. The third-order valence-corrected chi connectivity index (χ3v) is 4.88. The van der Waals surface area contributed by atoms with Gasteiger partial charge in [0.1, 0.15) is 5.58 Å². The number of hydrogen-bond donors (Lipinski definition) is 1. The second-order valence-electron chi connectivity index (χ2n) is 8.18. The van der Waals surface area contributed by atoms with Gasteiger partial charge in [-0.3, -0.25) is 4.79 Å². The smallest absolute Gasteiger partial charge is 0.336 e. The van der Waals surface area contributed by atoms with Gasteiger partial charge in [0.25, 0.3) is 5.91 Å². The van der Waals surface area contributed by atoms with E-state index in [0.29, 0.717) is 11.1 Å². The van der Waals surface area contributed by atoms with E-state index < -0.39 is 5.63 Å². The molecule has 0 radical (unpaired) electrons. The Labute approximate surface area is 165 Å². The van der Waals surface area contributed by atoms with Crippen LogP contribution in [-0.4, -0.2) is 5.91 Å². The average Bonchev–Trinajstić information content (AvgIpc) is 2.65. The molecule has 0 unspecified atom stereocenters. The molecule has 146 valence electrons. The molecule has 4 nitrogen and oxygen atoms in total. The van der Waals surface area contributed by atoms with E-state index in [4.69, 9.17) is 4.42 Å². The first-order valence-electron chi connectivity index (χ1n) is 9.72. The molecule has 0 fully saturated rings. The molecule has 3 rings (SSSR count). The number of rotatable bonds is 5. The summed E-state index contributed by atoms with van der Waals surface area (Å²) in [4.78, 5) is 24.4. The van der Waals surface area contributed by atoms with E-state index >= 15 is 0 Å². The van der Waals surface area contributed by atoms with Gasteiger partial charge in [-0.15, -0.1) is 0 Å². The maximum atomic E-state index is 12.6. The molecular weight excluding hydrogens is 350 g/mol. The van der Waals surface area contributed by atoms with Gasteiger partial charge in [-0.1, -0.05) is 52.3 Å². The van der Waals surface area contributed by atoms with Crippen LogP contribution in [0.2, 0.25) is 0 Å². The lowest BCUT2D eigenvalue weighted by Gasteiger charge is -2.19. The van der Waals surface area contributed by atoms with Crippen molar-refractivity contribution in [2.24, 2.45) is 0 Å². The maximum absolute atomic E-state index is 12.6. The van der Waals surface area contributed by atoms with Gasteiger partial charge in [-0.05, 0) is 52.8 Å². The third kappa shape index (κ3) is 4.50. The Hall–Kier alpha value is -2.88. The van der Waals surface area contributed by atoms with E-state index in [1.165, 1.54) is 17.2 Å². The van der Waals surface area contributed by atoms with E-state index in [1.54, 1.807) is 0 Å². The number of amides is 1. The molecule has 1 aromatic heterocycles. The lowest BCUT2D eigenvalue weighted by atomic mass is 9.87. The quantitative estimate of drug-likeness (QED) is 0.639. The molecule has 1 amide bonds. The maximum Gasteiger partial charge on any atom is 0.336 e. The standard InChI is InChI=1S/C24H27NO3/c1-5-6-16-7-12-21-20(13-16)18(14-22(26)28-21)15-25-23(27)17-8-10-19(11-9-17)24(2,3)4/h7-14H,5-6,15H2,1-4H3,(H,25,27). The van der Waals surface area contributed by atoms with Crippen molar-refractivity contribution in [2.75, 3.05) is 0 Å². The monoisotopic (exact) mass is 377 g/mol. The predicted octanol–water partition coefficient (Wildman–Crippen LogP) is 4.97. The fourth-order valence-electron chi connectivity index (χ4n) is 3.26. The fraction of sp³-hybridized carbons (Fsp3) is 0.333. The van der Waals surface area contributed by atoms with Crippen molar-refractivity contribution in [3.05, 3.63) is 81.2 Å². The Morgan fingerprint density at radius 2 is 1.75 bits per heavy atom. The summed E-state index contributed by atoms with van der Waals surface area (Å²) in [5, 5.41) is 3.79. The van der Waals surface area contributed by atoms with Gasteiger partial charge in [0.2, 0.25) is 0 Å². The van der Waals surface area contributed by atoms with Gasteiger partial charge in [0.15, 0.2) is 0 Å². The van der Waals surface area contributed by atoms with Gasteiger partial charge in [0.05, 0.1) is 0 Å². The van der Waals surface area contributed by atoms with Crippen molar-refractivity contribution in [1.82, 2.24) is 5.32 Å². The van der Waals surface area contributed by atoms with E-state index in [-0.39, 0.29) is 17.9 Å². The highest BCUT2D eigenvalue weighted by Gasteiger charge is 2.15. The number of benzene rings is 2. The number of hydrogen-bond acceptors (Lipinski definition) is 3. The van der Waals surface area contributed by atoms with Gasteiger partial charge in [-0.2, -0.15) is 0 Å². The highest BCUT2D eigenvalue weighted by atomic mass is 16.4. The van der Waals surface area contributed by atoms with Gasteiger partial charge in [-0.25, -0.2) is 4.79 Å². The minimum absolute atomic E-state index is 0.0438. The summed E-state index contributed by atoms with van der Waals surface area (Å²) in [6.07, 6.45) is 2.00. The van der Waals surface area contributed by atoms with Crippen LogP contribution in [0.15, 0.2) is 57.7 Å². The largest absolute Gasteiger partial charge is 0.423 e. The molecule has 1 N–H and O–H groups in total. The topological polar surface area (TPSA) is 59.3 Å². The van der Waals surface area contributed by atoms with E-state index in [1.807, 2.05) is 42.5 Å². The molecule has 0 spiro atoms. The number of carbonyl (C=O) groups is 1. The van der Waals surface area contributed by atoms with Crippen LogP contribution < -0.4 is 10.9 Å². The Kier molecular flexibility index (Phi) is 5.68. The van der Waals surface area contributed by atoms with Crippen molar-refractivity contribution in [2.45, 2.75) is 52.5 Å². The molecule has 0 aliphatic heterocycles. The zero-order chi connectivity index (χ0) is 20.3. The second kappa shape index (κ2) is 8.01. The molecule has 28 heavy (non-hydrogen) atoms. The molecule has 0 bridgehead atoms. The van der Waals surface area contributed by atoms with E-state index in [2.05, 4.69) is 33.0 Å². The first kappa shape index (κ1) is 19.9. The summed E-state index contributed by atoms with van der Waals surface area (Å²) in [5.41, 5.74) is 3.92. The first-order valence-corrected chi connectivity index (χ1v) is 9.72. The first-order chi connectivity index (χ1) is 13.3. The number of nitrogens with one attached hydrogen (secondary N) is 1. The number of carbonyl (C=O) groups excluding carboxylic acids is 1. The van der Waals surface area contributed by atoms with Crippen molar-refractivity contribution in [1.29, 1.82) is 0 Å². The van der Waals surface area contributed by atoms with Crippen LogP contribution in [-0.2, 0) is 18.4 Å². The van der Waals surface area contributed by atoms with Gasteiger partial charge >= 0.3 is 5.63 Å². The normalized spacial score (nSPS) is 11.6. The minimum Gasteiger partial charge on any atom is -0.423 e. The van der Waals surface area contributed by atoms with Gasteiger partial charge < -0.3 is 9.73 Å². The highest BCUT2D eigenvalue weighted by molar-refractivity contribution is 5.94. The second-order valence-corrected chi connectivity index (χ2v) is 8.18. The predicted molar refractivity (Wildman–Crippen MR) is 113 cm³/mol. The van der Waals surface area contributed by atoms with Crippen molar-refractivity contribution >= 4 is 16.9 Å². The van der Waals surface area contributed by atoms with E-state index in [9.17, 15) is 9.59 Å². The lowest BCUT2D eigenvalue weighted by molar-refractivity contribution is 0.0951. The summed E-state index contributed by atoms with van der Waals surface area (Å²) in [6, 6.07) is 15.0. The summed E-state index contributed by atoms with van der Waals surface area (Å²) in [6.45, 7) is 8.82. The number of fused-ring (bicyclic) bond motifs is 1. The van der Waals surface area contributed by atoms with Crippen LogP contribution >= 0.6 is 0 Å². The highest BCUT2D eigenvalue weighted by Crippen LogP contribution is 2.23. The molecule has 0 saturated heterocycles. The zero-order valence-corrected chi connectivity index (χ0v) is 17.0. The molecule has 2 aromatic carbocycles. The summed E-state index contributed by atoms with van der Waals surface area (Å²) < 4.78 is 5.30. The Bertz CT molecular complexity index is 1040. The molecule has 0 atom stereocenters. The Morgan fingerprint density at radius 3 is 2.39 bits per heavy atom. The molecular formula is C24H27NO3. The van der Waals surface area contributed by atoms with Crippen LogP contribution in [0, 0.1) is 0 Å². The van der Waals surface area contributed by atoms with E-state index in [0.717, 1.165) is 23.8 Å². The molecule has 0 aliphatic carbocycles. The Morgan fingerprint density at radius 1 is 1.04 bits per heavy atom. The minimum atomic E-state index is -0.408. The summed E-state index contributed by atoms with van der Waals surface area (Å²) >= 11 is 0. The van der Waals surface area contributed by atoms with Crippen LogP contribution in [0.1, 0.15) is 61.2 Å². The molecule has 1 heterocycles. The summed E-state index contributed by atoms with van der Waals surface area (Å²) in [7, 11) is 0. The molecule has 3 aromatic rings. The molecule has 0 saturated carbocycles. The van der Waals surface area contributed by atoms with Crippen LogP contribution in [0.5, 0.6) is 0 Å².